The summed E-state index contributed by atoms with van der Waals surface area (Å²) in [5.74, 6) is -1.86. The maximum atomic E-state index is 13.6. The van der Waals surface area contributed by atoms with E-state index in [9.17, 15) is 18.4 Å². The predicted octanol–water partition coefficient (Wildman–Crippen LogP) is 1.19. The second kappa shape index (κ2) is 7.61. The highest BCUT2D eigenvalue weighted by Gasteiger charge is 2.28. The van der Waals surface area contributed by atoms with Crippen molar-refractivity contribution in [2.24, 2.45) is 0 Å². The first-order valence-electron chi connectivity index (χ1n) is 8.07. The van der Waals surface area contributed by atoms with Crippen LogP contribution in [0.15, 0.2) is 24.4 Å². The van der Waals surface area contributed by atoms with Gasteiger partial charge in [-0.25, -0.2) is 13.8 Å². The highest BCUT2D eigenvalue weighted by molar-refractivity contribution is 5.96. The third-order valence-corrected chi connectivity index (χ3v) is 4.11. The van der Waals surface area contributed by atoms with E-state index >= 15 is 0 Å². The Bertz CT molecular complexity index is 837. The Balaban J connectivity index is 1.68. The largest absolute Gasteiger partial charge is 0.383 e. The Morgan fingerprint density at radius 2 is 2.15 bits per heavy atom. The van der Waals surface area contributed by atoms with Gasteiger partial charge in [0.2, 0.25) is 0 Å². The molecule has 9 heteroatoms. The maximum absolute atomic E-state index is 13.6. The molecule has 0 fully saturated rings. The normalized spacial score (nSPS) is 13.7. The van der Waals surface area contributed by atoms with Crippen molar-refractivity contribution >= 4 is 11.8 Å². The fraction of sp³-hybridized carbons (Fsp3) is 0.353. The quantitative estimate of drug-likeness (QED) is 0.836. The lowest BCUT2D eigenvalue weighted by Crippen LogP contribution is -2.42. The van der Waals surface area contributed by atoms with Gasteiger partial charge in [-0.1, -0.05) is 0 Å². The molecule has 2 aromatic rings. The van der Waals surface area contributed by atoms with Crippen LogP contribution in [0.3, 0.4) is 0 Å². The van der Waals surface area contributed by atoms with E-state index in [4.69, 9.17) is 4.74 Å². The SMILES string of the molecule is COCCN1CCn2cc(C(=O)NCc3cc(F)ccc3F)nc2C1=O. The van der Waals surface area contributed by atoms with Crippen LogP contribution in [0.2, 0.25) is 0 Å². The maximum Gasteiger partial charge on any atom is 0.290 e. The van der Waals surface area contributed by atoms with Crippen LogP contribution in [0.5, 0.6) is 0 Å². The number of nitrogens with zero attached hydrogens (tertiary/aromatic N) is 3. The summed E-state index contributed by atoms with van der Waals surface area (Å²) in [6.07, 6.45) is 1.48. The van der Waals surface area contributed by atoms with Crippen LogP contribution in [-0.4, -0.2) is 53.1 Å². The number of halogens is 2. The lowest BCUT2D eigenvalue weighted by atomic mass is 10.2. The van der Waals surface area contributed by atoms with Crippen LogP contribution in [0.25, 0.3) is 0 Å². The molecule has 3 rings (SSSR count). The number of nitrogens with one attached hydrogen (secondary N) is 1. The number of hydrogen-bond acceptors (Lipinski definition) is 4. The van der Waals surface area contributed by atoms with E-state index in [1.54, 1.807) is 16.6 Å². The van der Waals surface area contributed by atoms with Crippen molar-refractivity contribution in [2.75, 3.05) is 26.8 Å². The number of aromatic nitrogens is 2. The first-order chi connectivity index (χ1) is 12.5. The molecule has 138 valence electrons. The molecule has 0 atom stereocenters. The summed E-state index contributed by atoms with van der Waals surface area (Å²) in [5.41, 5.74) is 0.0860. The Morgan fingerprint density at radius 1 is 1.35 bits per heavy atom. The molecule has 1 aliphatic rings. The van der Waals surface area contributed by atoms with E-state index in [2.05, 4.69) is 10.3 Å². The minimum atomic E-state index is -0.611. The number of benzene rings is 1. The van der Waals surface area contributed by atoms with Crippen molar-refractivity contribution in [2.45, 2.75) is 13.1 Å². The number of carbonyl (C=O) groups is 2. The average Bonchev–Trinajstić information content (AvgIpc) is 3.07. The number of imidazole rings is 1. The fourth-order valence-electron chi connectivity index (χ4n) is 2.70. The molecule has 2 heterocycles. The van der Waals surface area contributed by atoms with Crippen molar-refractivity contribution < 1.29 is 23.1 Å². The van der Waals surface area contributed by atoms with E-state index in [1.165, 1.54) is 6.20 Å². The van der Waals surface area contributed by atoms with E-state index in [1.807, 2.05) is 0 Å². The summed E-state index contributed by atoms with van der Waals surface area (Å²) in [7, 11) is 1.55. The smallest absolute Gasteiger partial charge is 0.290 e. The molecule has 1 aliphatic heterocycles. The summed E-state index contributed by atoms with van der Waals surface area (Å²) >= 11 is 0. The van der Waals surface area contributed by atoms with Crippen LogP contribution in [0.4, 0.5) is 8.78 Å². The minimum absolute atomic E-state index is 0.0316. The van der Waals surface area contributed by atoms with Gasteiger partial charge in [0.25, 0.3) is 11.8 Å². The van der Waals surface area contributed by atoms with Crippen molar-refractivity contribution in [1.82, 2.24) is 19.8 Å². The van der Waals surface area contributed by atoms with Gasteiger partial charge in [0.15, 0.2) is 5.82 Å². The molecule has 26 heavy (non-hydrogen) atoms. The second-order valence-corrected chi connectivity index (χ2v) is 5.85. The van der Waals surface area contributed by atoms with Gasteiger partial charge >= 0.3 is 0 Å². The molecule has 2 amide bonds. The summed E-state index contributed by atoms with van der Waals surface area (Å²) in [4.78, 5) is 30.3. The zero-order chi connectivity index (χ0) is 18.7. The van der Waals surface area contributed by atoms with Gasteiger partial charge in [-0.15, -0.1) is 0 Å². The average molecular weight is 364 g/mol. The number of rotatable bonds is 6. The lowest BCUT2D eigenvalue weighted by Gasteiger charge is -2.26. The molecule has 0 unspecified atom stereocenters. The van der Waals surface area contributed by atoms with Crippen LogP contribution in [0.1, 0.15) is 26.7 Å². The van der Waals surface area contributed by atoms with Crippen molar-refractivity contribution in [3.8, 4) is 0 Å². The Hall–Kier alpha value is -2.81. The molecule has 0 bridgehead atoms. The number of fused-ring (bicyclic) bond motifs is 1. The molecule has 1 N–H and O–H groups in total. The van der Waals surface area contributed by atoms with Gasteiger partial charge in [-0.2, -0.15) is 0 Å². The lowest BCUT2D eigenvalue weighted by molar-refractivity contribution is 0.0633. The van der Waals surface area contributed by atoms with Crippen molar-refractivity contribution in [3.05, 3.63) is 53.1 Å². The molecule has 1 aromatic carbocycles. The van der Waals surface area contributed by atoms with Crippen LogP contribution in [0, 0.1) is 11.6 Å². The van der Waals surface area contributed by atoms with Crippen molar-refractivity contribution in [1.29, 1.82) is 0 Å². The zero-order valence-corrected chi connectivity index (χ0v) is 14.2. The van der Waals surface area contributed by atoms with Gasteiger partial charge < -0.3 is 19.5 Å². The highest BCUT2D eigenvalue weighted by atomic mass is 19.1. The molecule has 0 radical (unpaired) electrons. The minimum Gasteiger partial charge on any atom is -0.383 e. The monoisotopic (exact) mass is 364 g/mol. The number of ether oxygens (including phenoxy) is 1. The van der Waals surface area contributed by atoms with Gasteiger partial charge in [-0.3, -0.25) is 9.59 Å². The molecule has 0 aliphatic carbocycles. The third kappa shape index (κ3) is 3.72. The molecular weight excluding hydrogens is 346 g/mol. The Kier molecular flexibility index (Phi) is 5.27. The number of hydrogen-bond donors (Lipinski definition) is 1. The Morgan fingerprint density at radius 3 is 2.92 bits per heavy atom. The first kappa shape index (κ1) is 18.0. The van der Waals surface area contributed by atoms with Crippen LogP contribution >= 0.6 is 0 Å². The van der Waals surface area contributed by atoms with Crippen LogP contribution in [-0.2, 0) is 17.8 Å². The van der Waals surface area contributed by atoms with E-state index < -0.39 is 17.5 Å². The fourth-order valence-corrected chi connectivity index (χ4v) is 2.70. The summed E-state index contributed by atoms with van der Waals surface area (Å²) in [5, 5.41) is 2.49. The zero-order valence-electron chi connectivity index (χ0n) is 14.2. The molecule has 7 nitrogen and oxygen atoms in total. The standard InChI is InChI=1S/C17H18F2N4O3/c1-26-7-6-22-4-5-23-10-14(21-15(23)17(22)25)16(24)20-9-11-8-12(18)2-3-13(11)19/h2-3,8,10H,4-7,9H2,1H3,(H,20,24). The molecular formula is C17H18F2N4O3. The molecule has 0 saturated heterocycles. The van der Waals surface area contributed by atoms with Crippen molar-refractivity contribution in [3.63, 3.8) is 0 Å². The molecule has 1 aromatic heterocycles. The third-order valence-electron chi connectivity index (χ3n) is 4.11. The van der Waals surface area contributed by atoms with Gasteiger partial charge in [0, 0.05) is 45.0 Å². The summed E-state index contributed by atoms with van der Waals surface area (Å²) in [6.45, 7) is 1.70. The highest BCUT2D eigenvalue weighted by Crippen LogP contribution is 2.14. The summed E-state index contributed by atoms with van der Waals surface area (Å²) in [6, 6.07) is 3.02. The second-order valence-electron chi connectivity index (χ2n) is 5.85. The van der Waals surface area contributed by atoms with Gasteiger partial charge in [0.1, 0.15) is 17.3 Å². The van der Waals surface area contributed by atoms with E-state index in [0.29, 0.717) is 26.2 Å². The van der Waals surface area contributed by atoms with Gasteiger partial charge in [0.05, 0.1) is 6.61 Å². The van der Waals surface area contributed by atoms with Gasteiger partial charge in [-0.05, 0) is 18.2 Å². The Labute approximate surface area is 148 Å². The van der Waals surface area contributed by atoms with E-state index in [-0.39, 0.29) is 29.5 Å². The number of carbonyl (C=O) groups excluding carboxylic acids is 2. The molecule has 0 saturated carbocycles. The van der Waals surface area contributed by atoms with Crippen LogP contribution < -0.4 is 5.32 Å². The first-order valence-corrected chi connectivity index (χ1v) is 8.07. The molecule has 0 spiro atoms. The number of methoxy groups -OCH3 is 1. The predicted molar refractivity (Wildman–Crippen MR) is 87.5 cm³/mol. The summed E-state index contributed by atoms with van der Waals surface area (Å²) < 4.78 is 33.4. The topological polar surface area (TPSA) is 76.5 Å². The van der Waals surface area contributed by atoms with E-state index in [0.717, 1.165) is 18.2 Å². The number of amides is 2.